The zero-order chi connectivity index (χ0) is 32.5. The number of rotatable bonds is 13. The highest BCUT2D eigenvalue weighted by molar-refractivity contribution is 14.1. The number of halogens is 3. The van der Waals surface area contributed by atoms with Crippen LogP contribution < -0.4 is 30.3 Å². The molecule has 3 aromatic rings. The monoisotopic (exact) mass is 860 g/mol. The maximum absolute atomic E-state index is 12.4. The van der Waals surface area contributed by atoms with Crippen LogP contribution in [0.5, 0.6) is 17.2 Å². The fourth-order valence-corrected chi connectivity index (χ4v) is 6.70. The molecule has 0 fully saturated rings. The molecule has 0 bridgehead atoms. The van der Waals surface area contributed by atoms with E-state index in [2.05, 4.69) is 66.3 Å². The molecule has 4 N–H and O–H groups in total. The molecule has 4 rings (SSSR count). The second-order valence-corrected chi connectivity index (χ2v) is 12.3. The topological polar surface area (TPSA) is 140 Å². The Morgan fingerprint density at radius 3 is 2.53 bits per heavy atom. The molecule has 0 saturated carbocycles. The zero-order valence-corrected chi connectivity index (χ0v) is 29.6. The van der Waals surface area contributed by atoms with Crippen molar-refractivity contribution in [2.45, 2.75) is 32.7 Å². The molecule has 238 valence electrons. The summed E-state index contributed by atoms with van der Waals surface area (Å²) in [4.78, 5) is 24.6. The molecule has 0 saturated heterocycles. The van der Waals surface area contributed by atoms with Gasteiger partial charge in [-0.05, 0) is 100 Å². The van der Waals surface area contributed by atoms with Gasteiger partial charge < -0.3 is 34.7 Å². The maximum atomic E-state index is 12.4. The van der Waals surface area contributed by atoms with Crippen LogP contribution in [0.25, 0.3) is 0 Å². The first-order chi connectivity index (χ1) is 21.6. The van der Waals surface area contributed by atoms with Crippen molar-refractivity contribution in [1.29, 1.82) is 0 Å². The number of hydrazone groups is 1. The number of allylic oxidation sites excluding steroid dienone is 1. The number of carbonyl (C=O) groups is 2. The number of benzene rings is 3. The van der Waals surface area contributed by atoms with Crippen molar-refractivity contribution >= 4 is 75.0 Å². The van der Waals surface area contributed by atoms with Gasteiger partial charge in [0.2, 0.25) is 0 Å². The van der Waals surface area contributed by atoms with E-state index in [9.17, 15) is 14.7 Å². The summed E-state index contributed by atoms with van der Waals surface area (Å²) in [5, 5.41) is 20.6. The molecular weight excluding hydrogens is 830 g/mol. The molecular formula is C31H31ClI2N4O7. The number of hydrogen-bond donors (Lipinski definition) is 4. The molecule has 14 heteroatoms. The fraction of sp³-hybridized carbons (Fsp3) is 0.258. The lowest BCUT2D eigenvalue weighted by atomic mass is 9.95. The highest BCUT2D eigenvalue weighted by Crippen LogP contribution is 2.35. The molecule has 1 aliphatic rings. The molecule has 2 amide bonds. The smallest absolute Gasteiger partial charge is 0.337 e. The van der Waals surface area contributed by atoms with Gasteiger partial charge in [0.15, 0.2) is 17.7 Å². The van der Waals surface area contributed by atoms with Crippen LogP contribution in [0.15, 0.2) is 71.0 Å². The summed E-state index contributed by atoms with van der Waals surface area (Å²) < 4.78 is 24.3. The molecule has 1 heterocycles. The van der Waals surface area contributed by atoms with Crippen molar-refractivity contribution in [3.8, 4) is 17.2 Å². The number of aliphatic hydroxyl groups excluding tert-OH is 1. The molecule has 0 unspecified atom stereocenters. The Balaban J connectivity index is 1.37. The minimum atomic E-state index is -1.13. The molecule has 0 radical (unpaired) electrons. The highest BCUT2D eigenvalue weighted by atomic mass is 127. The Morgan fingerprint density at radius 2 is 1.84 bits per heavy atom. The minimum absolute atomic E-state index is 0.142. The van der Waals surface area contributed by atoms with E-state index in [1.54, 1.807) is 31.3 Å². The first-order valence-electron chi connectivity index (χ1n) is 13.7. The van der Waals surface area contributed by atoms with Gasteiger partial charge in [-0.25, -0.2) is 9.59 Å². The van der Waals surface area contributed by atoms with E-state index < -0.39 is 24.3 Å². The highest BCUT2D eigenvalue weighted by Gasteiger charge is 2.32. The van der Waals surface area contributed by atoms with Crippen LogP contribution in [0.1, 0.15) is 36.6 Å². The van der Waals surface area contributed by atoms with Crippen molar-refractivity contribution in [3.63, 3.8) is 0 Å². The lowest BCUT2D eigenvalue weighted by molar-refractivity contribution is -0.136. The summed E-state index contributed by atoms with van der Waals surface area (Å²) in [6, 6.07) is 15.2. The Hall–Kier alpha value is -3.28. The number of aliphatic hydroxyl groups is 1. The van der Waals surface area contributed by atoms with Gasteiger partial charge in [0.05, 0.1) is 38.7 Å². The van der Waals surface area contributed by atoms with Crippen LogP contribution in [0.3, 0.4) is 0 Å². The molecule has 0 aromatic heterocycles. The Kier molecular flexibility index (Phi) is 12.6. The summed E-state index contributed by atoms with van der Waals surface area (Å²) in [7, 11) is 1.28. The number of nitrogens with zero attached hydrogens (tertiary/aromatic N) is 1. The lowest BCUT2D eigenvalue weighted by Crippen LogP contribution is -2.45. The van der Waals surface area contributed by atoms with Gasteiger partial charge in [-0.3, -0.25) is 5.43 Å². The van der Waals surface area contributed by atoms with Gasteiger partial charge in [0.1, 0.15) is 19.0 Å². The molecule has 11 nitrogen and oxygen atoms in total. The molecule has 2 atom stereocenters. The van der Waals surface area contributed by atoms with Crippen LogP contribution in [0.4, 0.5) is 4.79 Å². The second kappa shape index (κ2) is 16.3. The summed E-state index contributed by atoms with van der Waals surface area (Å²) in [6.07, 6.45) is 0.458. The van der Waals surface area contributed by atoms with E-state index in [1.807, 2.05) is 43.3 Å². The largest absolute Gasteiger partial charge is 0.490 e. The van der Waals surface area contributed by atoms with Crippen LogP contribution in [0.2, 0.25) is 5.02 Å². The maximum Gasteiger partial charge on any atom is 0.337 e. The number of nitrogens with one attached hydrogen (secondary N) is 3. The third kappa shape index (κ3) is 9.14. The number of esters is 1. The van der Waals surface area contributed by atoms with Crippen molar-refractivity contribution < 1.29 is 33.6 Å². The quantitative estimate of drug-likeness (QED) is 0.0570. The van der Waals surface area contributed by atoms with Crippen molar-refractivity contribution in [2.24, 2.45) is 5.10 Å². The summed E-state index contributed by atoms with van der Waals surface area (Å²) >= 11 is 10.7. The average Bonchev–Trinajstić information content (AvgIpc) is 3.00. The average molecular weight is 861 g/mol. The van der Waals surface area contributed by atoms with Gasteiger partial charge in [-0.2, -0.15) is 5.10 Å². The van der Waals surface area contributed by atoms with Crippen molar-refractivity contribution in [2.75, 3.05) is 20.3 Å². The van der Waals surface area contributed by atoms with E-state index in [4.69, 9.17) is 30.5 Å². The van der Waals surface area contributed by atoms with Gasteiger partial charge in [0.25, 0.3) is 0 Å². The predicted octanol–water partition coefficient (Wildman–Crippen LogP) is 5.65. The summed E-state index contributed by atoms with van der Waals surface area (Å²) in [6.45, 7) is 3.99. The number of hydrogen-bond acceptors (Lipinski definition) is 9. The first kappa shape index (κ1) is 34.6. The number of amides is 2. The summed E-state index contributed by atoms with van der Waals surface area (Å²) in [5.41, 5.74) is 5.62. The second-order valence-electron chi connectivity index (χ2n) is 9.61. The summed E-state index contributed by atoms with van der Waals surface area (Å²) in [5.74, 6) is 0.921. The number of ether oxygens (including phenoxy) is 4. The molecule has 45 heavy (non-hydrogen) atoms. The van der Waals surface area contributed by atoms with Gasteiger partial charge in [-0.15, -0.1) is 0 Å². The van der Waals surface area contributed by atoms with Crippen molar-refractivity contribution in [1.82, 2.24) is 16.1 Å². The van der Waals surface area contributed by atoms with Gasteiger partial charge in [0, 0.05) is 16.3 Å². The fourth-order valence-electron chi connectivity index (χ4n) is 4.38. The standard InChI is InChI=1S/C31H31ClI2N4O7/c1-4-43-25-13-19(28-27(30(40)42-3)17(2)36-31(41)37-28)9-10-24(25)44-16-26(39)38-35-14-18-11-22(33)29(23(34)12-18)45-15-20-7-5-6-8-21(20)32/h5-14,26,28,38-39H,4,15-16H2,1-3H3,(H2,36,37,41)/b35-14-/t26-,28+/m1/s1. The zero-order valence-electron chi connectivity index (χ0n) is 24.5. The first-order valence-corrected chi connectivity index (χ1v) is 16.2. The van der Waals surface area contributed by atoms with E-state index in [1.165, 1.54) is 7.11 Å². The SMILES string of the molecule is CCOc1cc([C@@H]2NC(=O)NC(C)=C2C(=O)OC)ccc1OC[C@@H](O)N/N=C\c1cc(I)c(OCc2ccccc2Cl)c(I)c1. The lowest BCUT2D eigenvalue weighted by Gasteiger charge is -2.28. The van der Waals surface area contributed by atoms with Gasteiger partial charge >= 0.3 is 12.0 Å². The molecule has 3 aromatic carbocycles. The van der Waals surface area contributed by atoms with Crippen LogP contribution >= 0.6 is 56.8 Å². The third-order valence-electron chi connectivity index (χ3n) is 6.46. The Labute approximate surface area is 293 Å². The number of urea groups is 1. The Morgan fingerprint density at radius 1 is 1.11 bits per heavy atom. The van der Waals surface area contributed by atoms with E-state index in [-0.39, 0.29) is 12.2 Å². The van der Waals surface area contributed by atoms with E-state index in [0.29, 0.717) is 41.0 Å². The Bertz CT molecular complexity index is 1600. The third-order valence-corrected chi connectivity index (χ3v) is 8.43. The van der Waals surface area contributed by atoms with Crippen LogP contribution in [-0.4, -0.2) is 49.9 Å². The predicted molar refractivity (Wildman–Crippen MR) is 187 cm³/mol. The molecule has 1 aliphatic heterocycles. The number of carbonyl (C=O) groups excluding carboxylic acids is 2. The number of methoxy groups -OCH3 is 1. The molecule has 0 aliphatic carbocycles. The normalized spacial score (nSPS) is 15.3. The molecule has 0 spiro atoms. The van der Waals surface area contributed by atoms with E-state index in [0.717, 1.165) is 24.0 Å². The minimum Gasteiger partial charge on any atom is -0.490 e. The van der Waals surface area contributed by atoms with Crippen molar-refractivity contribution in [3.05, 3.63) is 94.7 Å². The van der Waals surface area contributed by atoms with Gasteiger partial charge in [-0.1, -0.05) is 35.9 Å². The van der Waals surface area contributed by atoms with Crippen LogP contribution in [-0.2, 0) is 16.1 Å². The van der Waals surface area contributed by atoms with Crippen LogP contribution in [0, 0.1) is 7.14 Å². The van der Waals surface area contributed by atoms with E-state index >= 15 is 0 Å².